The van der Waals surface area contributed by atoms with Gasteiger partial charge in [0.1, 0.15) is 5.82 Å². The van der Waals surface area contributed by atoms with Crippen molar-refractivity contribution in [2.75, 3.05) is 17.4 Å². The number of pyridine rings is 1. The molecule has 8 heteroatoms. The average Bonchev–Trinajstić information content (AvgIpc) is 2.99. The third-order valence-electron chi connectivity index (χ3n) is 3.07. The van der Waals surface area contributed by atoms with Crippen molar-refractivity contribution < 1.29 is 4.92 Å². The van der Waals surface area contributed by atoms with Crippen LogP contribution < -0.4 is 16.2 Å². The van der Waals surface area contributed by atoms with Crippen molar-refractivity contribution in [1.82, 2.24) is 4.98 Å². The quantitative estimate of drug-likeness (QED) is 0.499. The number of hydrazine groups is 1. The van der Waals surface area contributed by atoms with Crippen molar-refractivity contribution in [2.45, 2.75) is 13.0 Å². The number of nitrogens with zero attached hydrogens (tertiary/aromatic N) is 3. The van der Waals surface area contributed by atoms with Crippen molar-refractivity contribution >= 4 is 28.7 Å². The Hall–Kier alpha value is -2.19. The smallest absolute Gasteiger partial charge is 0.311 e. The van der Waals surface area contributed by atoms with E-state index in [0.717, 1.165) is 4.88 Å². The number of thiophene rings is 1. The molecule has 0 saturated carbocycles. The Labute approximate surface area is 120 Å². The molecule has 2 aromatic heterocycles. The second kappa shape index (κ2) is 5.85. The molecule has 0 fully saturated rings. The van der Waals surface area contributed by atoms with Crippen molar-refractivity contribution in [3.05, 3.63) is 44.6 Å². The molecule has 0 amide bonds. The summed E-state index contributed by atoms with van der Waals surface area (Å²) < 4.78 is 0. The highest BCUT2D eigenvalue weighted by Gasteiger charge is 2.24. The summed E-state index contributed by atoms with van der Waals surface area (Å²) in [5.74, 6) is 5.99. The molecule has 2 aromatic rings. The van der Waals surface area contributed by atoms with Gasteiger partial charge in [0.2, 0.25) is 5.82 Å². The van der Waals surface area contributed by atoms with Gasteiger partial charge < -0.3 is 10.3 Å². The SMILES string of the molecule is CC(c1cccs1)N(C)c1nc(NN)ccc1[N+](=O)[O-]. The van der Waals surface area contributed by atoms with Crippen molar-refractivity contribution in [2.24, 2.45) is 5.84 Å². The highest BCUT2D eigenvalue weighted by molar-refractivity contribution is 7.10. The van der Waals surface area contributed by atoms with Crippen molar-refractivity contribution in [3.63, 3.8) is 0 Å². The van der Waals surface area contributed by atoms with Crippen LogP contribution in [0.4, 0.5) is 17.3 Å². The maximum Gasteiger partial charge on any atom is 0.311 e. The first kappa shape index (κ1) is 14.2. The summed E-state index contributed by atoms with van der Waals surface area (Å²) in [6, 6.07) is 6.79. The number of nitrogen functional groups attached to an aromatic ring is 1. The van der Waals surface area contributed by atoms with Gasteiger partial charge in [0.25, 0.3) is 0 Å². The van der Waals surface area contributed by atoms with Crippen LogP contribution in [0.3, 0.4) is 0 Å². The van der Waals surface area contributed by atoms with Crippen molar-refractivity contribution in [1.29, 1.82) is 0 Å². The Morgan fingerprint density at radius 2 is 2.25 bits per heavy atom. The maximum atomic E-state index is 11.1. The second-order valence-electron chi connectivity index (χ2n) is 4.24. The topological polar surface area (TPSA) is 97.3 Å². The number of nitrogens with two attached hydrogens (primary N) is 1. The lowest BCUT2D eigenvalue weighted by Gasteiger charge is -2.25. The molecule has 0 aliphatic carbocycles. The number of hydrogen-bond donors (Lipinski definition) is 2. The molecule has 0 aliphatic heterocycles. The molecular weight excluding hydrogens is 278 g/mol. The zero-order valence-corrected chi connectivity index (χ0v) is 11.9. The van der Waals surface area contributed by atoms with Gasteiger partial charge in [0.05, 0.1) is 11.0 Å². The van der Waals surface area contributed by atoms with E-state index in [1.807, 2.05) is 24.4 Å². The zero-order chi connectivity index (χ0) is 14.7. The van der Waals surface area contributed by atoms with Crippen LogP contribution in [0.1, 0.15) is 17.8 Å². The molecule has 20 heavy (non-hydrogen) atoms. The summed E-state index contributed by atoms with van der Waals surface area (Å²) in [5, 5.41) is 13.1. The van der Waals surface area contributed by atoms with E-state index in [2.05, 4.69) is 10.4 Å². The molecule has 0 saturated heterocycles. The Balaban J connectivity index is 2.41. The van der Waals surface area contributed by atoms with Crippen LogP contribution in [-0.4, -0.2) is 17.0 Å². The summed E-state index contributed by atoms with van der Waals surface area (Å²) >= 11 is 1.60. The van der Waals surface area contributed by atoms with E-state index < -0.39 is 4.92 Å². The molecule has 0 bridgehead atoms. The van der Waals surface area contributed by atoms with Gasteiger partial charge in [0.15, 0.2) is 0 Å². The molecule has 2 heterocycles. The first-order valence-corrected chi connectivity index (χ1v) is 6.81. The monoisotopic (exact) mass is 293 g/mol. The molecule has 1 atom stereocenters. The third-order valence-corrected chi connectivity index (χ3v) is 4.11. The molecule has 0 spiro atoms. The lowest BCUT2D eigenvalue weighted by molar-refractivity contribution is -0.384. The van der Waals surface area contributed by atoms with E-state index in [1.54, 1.807) is 23.3 Å². The van der Waals surface area contributed by atoms with E-state index in [9.17, 15) is 10.1 Å². The summed E-state index contributed by atoms with van der Waals surface area (Å²) in [5.41, 5.74) is 2.36. The predicted molar refractivity (Wildman–Crippen MR) is 79.8 cm³/mol. The number of nitro groups is 1. The number of rotatable bonds is 5. The highest BCUT2D eigenvalue weighted by Crippen LogP contribution is 2.33. The Morgan fingerprint density at radius 3 is 2.80 bits per heavy atom. The van der Waals surface area contributed by atoms with Gasteiger partial charge >= 0.3 is 5.69 Å². The van der Waals surface area contributed by atoms with Crippen LogP contribution in [0, 0.1) is 10.1 Å². The molecule has 1 unspecified atom stereocenters. The molecule has 7 nitrogen and oxygen atoms in total. The van der Waals surface area contributed by atoms with Gasteiger partial charge in [-0.05, 0) is 24.4 Å². The zero-order valence-electron chi connectivity index (χ0n) is 11.1. The Bertz CT molecular complexity index is 602. The van der Waals surface area contributed by atoms with Gasteiger partial charge in [-0.2, -0.15) is 0 Å². The van der Waals surface area contributed by atoms with Crippen LogP contribution in [-0.2, 0) is 0 Å². The molecule has 0 aliphatic rings. The average molecular weight is 293 g/mol. The normalized spacial score (nSPS) is 11.9. The van der Waals surface area contributed by atoms with Gasteiger partial charge in [-0.1, -0.05) is 6.07 Å². The summed E-state index contributed by atoms with van der Waals surface area (Å²) in [6.45, 7) is 1.97. The third kappa shape index (κ3) is 2.70. The molecule has 2 rings (SSSR count). The van der Waals surface area contributed by atoms with E-state index in [-0.39, 0.29) is 17.5 Å². The number of aromatic nitrogens is 1. The van der Waals surface area contributed by atoms with Gasteiger partial charge in [0, 0.05) is 18.0 Å². The summed E-state index contributed by atoms with van der Waals surface area (Å²) in [7, 11) is 1.78. The number of anilines is 2. The lowest BCUT2D eigenvalue weighted by Crippen LogP contribution is -2.23. The summed E-state index contributed by atoms with van der Waals surface area (Å²) in [6.07, 6.45) is 0. The Morgan fingerprint density at radius 1 is 1.50 bits per heavy atom. The molecule has 0 radical (unpaired) electrons. The fourth-order valence-electron chi connectivity index (χ4n) is 1.83. The van der Waals surface area contributed by atoms with E-state index >= 15 is 0 Å². The Kier molecular flexibility index (Phi) is 4.16. The van der Waals surface area contributed by atoms with Crippen molar-refractivity contribution in [3.8, 4) is 0 Å². The predicted octanol–water partition coefficient (Wildman–Crippen LogP) is 2.53. The first-order valence-electron chi connectivity index (χ1n) is 5.93. The fraction of sp³-hybridized carbons (Fsp3) is 0.250. The van der Waals surface area contributed by atoms with Crippen LogP contribution in [0.25, 0.3) is 0 Å². The number of nitrogens with one attached hydrogen (secondary N) is 1. The molecule has 3 N–H and O–H groups in total. The number of hydrogen-bond acceptors (Lipinski definition) is 7. The molecular formula is C12H15N5O2S. The largest absolute Gasteiger partial charge is 0.346 e. The minimum Gasteiger partial charge on any atom is -0.346 e. The maximum absolute atomic E-state index is 11.1. The van der Waals surface area contributed by atoms with Crippen LogP contribution >= 0.6 is 11.3 Å². The van der Waals surface area contributed by atoms with Gasteiger partial charge in [-0.3, -0.25) is 10.1 Å². The van der Waals surface area contributed by atoms with E-state index in [1.165, 1.54) is 12.1 Å². The fourth-order valence-corrected chi connectivity index (χ4v) is 2.65. The lowest BCUT2D eigenvalue weighted by atomic mass is 10.2. The van der Waals surface area contributed by atoms with Crippen LogP contribution in [0.15, 0.2) is 29.6 Å². The highest BCUT2D eigenvalue weighted by atomic mass is 32.1. The summed E-state index contributed by atoms with van der Waals surface area (Å²) in [4.78, 5) is 17.8. The van der Waals surface area contributed by atoms with Crippen LogP contribution in [0.2, 0.25) is 0 Å². The second-order valence-corrected chi connectivity index (χ2v) is 5.22. The van der Waals surface area contributed by atoms with Gasteiger partial charge in [-0.15, -0.1) is 11.3 Å². The minimum absolute atomic E-state index is 0.0192. The standard InChI is InChI=1S/C12H15N5O2S/c1-8(10-4-3-7-20-10)16(2)12-9(17(18)19)5-6-11(14-12)15-13/h3-8H,13H2,1-2H3,(H,14,15). The van der Waals surface area contributed by atoms with E-state index in [4.69, 9.17) is 5.84 Å². The van der Waals surface area contributed by atoms with Crippen LogP contribution in [0.5, 0.6) is 0 Å². The minimum atomic E-state index is -0.444. The van der Waals surface area contributed by atoms with E-state index in [0.29, 0.717) is 5.82 Å². The molecule has 106 valence electrons. The molecule has 0 aromatic carbocycles. The first-order chi connectivity index (χ1) is 9.54. The van der Waals surface area contributed by atoms with Gasteiger partial charge in [-0.25, -0.2) is 10.8 Å².